The number of sulfonamides is 1. The number of hydrogen-bond donors (Lipinski definition) is 1. The Morgan fingerprint density at radius 1 is 1.08 bits per heavy atom. The lowest BCUT2D eigenvalue weighted by molar-refractivity contribution is -0.139. The van der Waals surface area contributed by atoms with Gasteiger partial charge in [0.25, 0.3) is 8.32 Å². The maximum absolute atomic E-state index is 14.3. The molecule has 3 atom stereocenters. The van der Waals surface area contributed by atoms with Gasteiger partial charge < -0.3 is 14.5 Å². The highest BCUT2D eigenvalue weighted by Crippen LogP contribution is 2.42. The smallest absolute Gasteiger partial charge is 0.338 e. The van der Waals surface area contributed by atoms with Crippen LogP contribution in [-0.4, -0.2) is 69.9 Å². The molecule has 53 heavy (non-hydrogen) atoms. The Labute approximate surface area is 321 Å². The average molecular weight is 795 g/mol. The number of hydrogen-bond acceptors (Lipinski definition) is 9. The van der Waals surface area contributed by atoms with Crippen molar-refractivity contribution in [3.63, 3.8) is 0 Å². The molecule has 6 rings (SSSR count). The second kappa shape index (κ2) is 15.9. The first-order valence-electron chi connectivity index (χ1n) is 17.6. The summed E-state index contributed by atoms with van der Waals surface area (Å²) in [5, 5.41) is 7.80. The number of allylic oxidation sites excluding steroid dienone is 1. The lowest BCUT2D eigenvalue weighted by atomic mass is 9.84. The Kier molecular flexibility index (Phi) is 11.7. The number of rotatable bonds is 11. The molecule has 1 unspecified atom stereocenters. The Morgan fingerprint density at radius 3 is 2.28 bits per heavy atom. The highest BCUT2D eigenvalue weighted by Gasteiger charge is 2.51. The summed E-state index contributed by atoms with van der Waals surface area (Å²) in [5.74, 6) is -1.02. The second-order valence-corrected chi connectivity index (χ2v) is 21.8. The number of nitrogens with one attached hydrogen (secondary N) is 1. The van der Waals surface area contributed by atoms with E-state index >= 15 is 0 Å². The Hall–Kier alpha value is -3.72. The first-order valence-corrected chi connectivity index (χ1v) is 22.6. The van der Waals surface area contributed by atoms with Crippen LogP contribution < -0.4 is 15.7 Å². The Balaban J connectivity index is 1.45. The third-order valence-electron chi connectivity index (χ3n) is 9.87. The fraction of sp³-hybridized carbons (Fsp3) is 0.359. The molecule has 1 fully saturated rings. The van der Waals surface area contributed by atoms with Crippen LogP contribution in [0.5, 0.6) is 0 Å². The standard InChI is InChI=1S/C39H44ClFN4O5S2Si/c1-6-49-38(46)33-34(43-36(37-42-20-22-51-37)44-35(33)31-18-17-27(41)24-32(31)40)26-19-21-45(52(5,47)48)28(23-26)25-50-53(39(2,3)4,29-13-9-7-10-14-29)30-15-11-8-12-16-30/h7-18,20,22,24,26,28,35H,6,19,21,23,25H2,1-5H3,(H,43,44)/t26-,28-,35?/m1/s1. The van der Waals surface area contributed by atoms with Crippen molar-refractivity contribution in [2.75, 3.05) is 26.0 Å². The van der Waals surface area contributed by atoms with E-state index in [1.165, 1.54) is 40.1 Å². The van der Waals surface area contributed by atoms with Crippen LogP contribution in [0.4, 0.5) is 4.39 Å². The maximum atomic E-state index is 14.3. The van der Waals surface area contributed by atoms with Crippen LogP contribution in [0.1, 0.15) is 57.1 Å². The summed E-state index contributed by atoms with van der Waals surface area (Å²) in [6.07, 6.45) is 3.64. The van der Waals surface area contributed by atoms with Crippen molar-refractivity contribution < 1.29 is 26.8 Å². The van der Waals surface area contributed by atoms with Crippen molar-refractivity contribution in [2.24, 2.45) is 10.9 Å². The third kappa shape index (κ3) is 8.06. The van der Waals surface area contributed by atoms with Gasteiger partial charge in [-0.3, -0.25) is 4.99 Å². The fourth-order valence-corrected chi connectivity index (χ4v) is 14.2. The lowest BCUT2D eigenvalue weighted by Crippen LogP contribution is -2.67. The van der Waals surface area contributed by atoms with E-state index in [0.717, 1.165) is 10.4 Å². The molecule has 2 aliphatic rings. The van der Waals surface area contributed by atoms with E-state index in [0.29, 0.717) is 34.9 Å². The van der Waals surface area contributed by atoms with Gasteiger partial charge in [-0.1, -0.05) is 99.1 Å². The van der Waals surface area contributed by atoms with E-state index in [1.54, 1.807) is 13.1 Å². The van der Waals surface area contributed by atoms with Gasteiger partial charge in [-0.2, -0.15) is 4.31 Å². The number of thiazole rings is 1. The molecule has 0 spiro atoms. The van der Waals surface area contributed by atoms with Gasteiger partial charge in [-0.25, -0.2) is 22.6 Å². The summed E-state index contributed by atoms with van der Waals surface area (Å²) in [6, 6.07) is 22.9. The zero-order chi connectivity index (χ0) is 38.0. The van der Waals surface area contributed by atoms with Gasteiger partial charge in [0.05, 0.1) is 25.0 Å². The number of benzene rings is 3. The summed E-state index contributed by atoms with van der Waals surface area (Å²) in [6.45, 7) is 8.70. The van der Waals surface area contributed by atoms with Crippen molar-refractivity contribution in [1.29, 1.82) is 0 Å². The topological polar surface area (TPSA) is 110 Å². The molecule has 0 aliphatic carbocycles. The predicted octanol–water partition coefficient (Wildman–Crippen LogP) is 6.46. The molecule has 0 bridgehead atoms. The normalized spacial score (nSPS) is 20.1. The van der Waals surface area contributed by atoms with E-state index in [2.05, 4.69) is 55.3 Å². The minimum absolute atomic E-state index is 0.115. The Bertz CT molecular complexity index is 2060. The number of aromatic nitrogens is 1. The van der Waals surface area contributed by atoms with Crippen LogP contribution >= 0.6 is 22.9 Å². The van der Waals surface area contributed by atoms with Crippen molar-refractivity contribution >= 4 is 63.5 Å². The molecule has 0 radical (unpaired) electrons. The van der Waals surface area contributed by atoms with E-state index in [-0.39, 0.29) is 41.3 Å². The number of ether oxygens (including phenoxy) is 1. The van der Waals surface area contributed by atoms with Crippen molar-refractivity contribution in [3.8, 4) is 0 Å². The minimum Gasteiger partial charge on any atom is -0.463 e. The number of carbonyl (C=O) groups is 1. The second-order valence-electron chi connectivity index (χ2n) is 14.3. The van der Waals surface area contributed by atoms with Crippen molar-refractivity contribution in [1.82, 2.24) is 14.6 Å². The van der Waals surface area contributed by atoms with Crippen LogP contribution in [-0.2, 0) is 24.0 Å². The summed E-state index contributed by atoms with van der Waals surface area (Å²) >= 11 is 8.00. The van der Waals surface area contributed by atoms with Gasteiger partial charge in [0, 0.05) is 46.4 Å². The molecule has 1 N–H and O–H groups in total. The number of nitrogens with zero attached hydrogens (tertiary/aromatic N) is 3. The van der Waals surface area contributed by atoms with Crippen LogP contribution in [0.2, 0.25) is 10.1 Å². The zero-order valence-corrected chi connectivity index (χ0v) is 33.8. The van der Waals surface area contributed by atoms with Gasteiger partial charge in [0.1, 0.15) is 11.9 Å². The molecule has 0 amide bonds. The lowest BCUT2D eigenvalue weighted by Gasteiger charge is -2.46. The first-order chi connectivity index (χ1) is 25.2. The monoisotopic (exact) mass is 794 g/mol. The summed E-state index contributed by atoms with van der Waals surface area (Å²) < 4.78 is 55.5. The van der Waals surface area contributed by atoms with Crippen LogP contribution in [0, 0.1) is 11.7 Å². The fourth-order valence-electron chi connectivity index (χ4n) is 7.58. The molecular weight excluding hydrogens is 751 g/mol. The molecule has 2 aliphatic heterocycles. The average Bonchev–Trinajstić information content (AvgIpc) is 3.67. The molecule has 14 heteroatoms. The number of piperidine rings is 1. The highest BCUT2D eigenvalue weighted by molar-refractivity contribution is 7.88. The van der Waals surface area contributed by atoms with E-state index in [1.807, 2.05) is 41.8 Å². The predicted molar refractivity (Wildman–Crippen MR) is 211 cm³/mol. The quantitative estimate of drug-likeness (QED) is 0.137. The molecule has 1 saturated heterocycles. The zero-order valence-electron chi connectivity index (χ0n) is 30.4. The molecule has 9 nitrogen and oxygen atoms in total. The van der Waals surface area contributed by atoms with E-state index < -0.39 is 42.2 Å². The van der Waals surface area contributed by atoms with Crippen LogP contribution in [0.3, 0.4) is 0 Å². The van der Waals surface area contributed by atoms with E-state index in [9.17, 15) is 17.6 Å². The van der Waals surface area contributed by atoms with Gasteiger partial charge in [-0.05, 0) is 47.3 Å². The van der Waals surface area contributed by atoms with Crippen LogP contribution in [0.15, 0.2) is 107 Å². The molecular formula is C39H44ClFN4O5S2Si. The Morgan fingerprint density at radius 2 is 1.74 bits per heavy atom. The molecule has 3 aromatic carbocycles. The van der Waals surface area contributed by atoms with E-state index in [4.69, 9.17) is 25.8 Å². The van der Waals surface area contributed by atoms with Gasteiger partial charge in [0.15, 0.2) is 10.8 Å². The molecule has 0 saturated carbocycles. The first kappa shape index (κ1) is 39.0. The van der Waals surface area contributed by atoms with Crippen molar-refractivity contribution in [2.45, 2.75) is 57.7 Å². The maximum Gasteiger partial charge on any atom is 0.338 e. The van der Waals surface area contributed by atoms with Crippen LogP contribution in [0.25, 0.3) is 0 Å². The largest absolute Gasteiger partial charge is 0.463 e. The summed E-state index contributed by atoms with van der Waals surface area (Å²) in [4.78, 5) is 23.3. The highest BCUT2D eigenvalue weighted by atomic mass is 35.5. The molecule has 1 aromatic heterocycles. The van der Waals surface area contributed by atoms with Gasteiger partial charge in [0.2, 0.25) is 10.0 Å². The summed E-state index contributed by atoms with van der Waals surface area (Å²) in [7, 11) is -6.69. The van der Waals surface area contributed by atoms with Gasteiger partial charge >= 0.3 is 5.97 Å². The minimum atomic E-state index is -3.65. The third-order valence-corrected chi connectivity index (χ3v) is 17.3. The molecule has 280 valence electrons. The van der Waals surface area contributed by atoms with Gasteiger partial charge in [-0.15, -0.1) is 11.3 Å². The van der Waals surface area contributed by atoms with Crippen molar-refractivity contribution in [3.05, 3.63) is 123 Å². The number of halogens is 2. The number of esters is 1. The number of aliphatic imine (C=N–C) groups is 1. The SMILES string of the molecule is CCOC(=O)C1=C([C@@H]2CCN(S(C)(=O)=O)[C@@H](CO[Si](c3ccccc3)(c3ccccc3)C(C)(C)C)C2)NC(c2nccs2)=NC1c1ccc(F)cc1Cl. The summed E-state index contributed by atoms with van der Waals surface area (Å²) in [5.41, 5.74) is 1.23. The number of carbonyl (C=O) groups excluding carboxylic acids is 1. The molecule has 3 heterocycles. The molecule has 4 aromatic rings. The number of amidine groups is 1.